The van der Waals surface area contributed by atoms with Crippen molar-refractivity contribution < 1.29 is 14.1 Å². The summed E-state index contributed by atoms with van der Waals surface area (Å²) in [5.41, 5.74) is 2.60. The van der Waals surface area contributed by atoms with E-state index < -0.39 is 0 Å². The van der Waals surface area contributed by atoms with Gasteiger partial charge < -0.3 is 14.2 Å². The van der Waals surface area contributed by atoms with Crippen LogP contribution in [0.1, 0.15) is 43.2 Å². The fourth-order valence-electron chi connectivity index (χ4n) is 3.17. The van der Waals surface area contributed by atoms with Crippen LogP contribution in [0.2, 0.25) is 0 Å². The number of carbonyl (C=O) groups is 1. The molecular formula is C17H21N3O3. The van der Waals surface area contributed by atoms with Crippen LogP contribution in [0.15, 0.2) is 22.9 Å². The molecule has 0 radical (unpaired) electrons. The van der Waals surface area contributed by atoms with Gasteiger partial charge >= 0.3 is 0 Å². The van der Waals surface area contributed by atoms with Crippen molar-refractivity contribution in [3.63, 3.8) is 0 Å². The van der Waals surface area contributed by atoms with Gasteiger partial charge in [-0.2, -0.15) is 0 Å². The third-order valence-electron chi connectivity index (χ3n) is 4.16. The van der Waals surface area contributed by atoms with Crippen molar-refractivity contribution in [1.82, 2.24) is 10.1 Å². The summed E-state index contributed by atoms with van der Waals surface area (Å²) in [6.45, 7) is 8.29. The summed E-state index contributed by atoms with van der Waals surface area (Å²) in [5.74, 6) is 1.40. The van der Waals surface area contributed by atoms with Crippen molar-refractivity contribution in [3.8, 4) is 5.88 Å². The number of ether oxygens (including phenoxy) is 1. The number of hydrogen-bond donors (Lipinski definition) is 0. The Morgan fingerprint density at radius 2 is 2.26 bits per heavy atom. The minimum atomic E-state index is -0.0734. The Morgan fingerprint density at radius 3 is 2.96 bits per heavy atom. The molecule has 0 saturated heterocycles. The molecule has 122 valence electrons. The van der Waals surface area contributed by atoms with Crippen molar-refractivity contribution in [3.05, 3.63) is 35.3 Å². The zero-order valence-corrected chi connectivity index (χ0v) is 13.9. The van der Waals surface area contributed by atoms with Crippen LogP contribution in [0.5, 0.6) is 5.88 Å². The quantitative estimate of drug-likeness (QED) is 0.871. The number of carbonyl (C=O) groups excluding carboxylic acids is 1. The van der Waals surface area contributed by atoms with E-state index in [1.54, 1.807) is 11.1 Å². The first-order chi connectivity index (χ1) is 11.0. The molecule has 2 atom stereocenters. The molecule has 1 aliphatic heterocycles. The summed E-state index contributed by atoms with van der Waals surface area (Å²) in [7, 11) is 0. The third-order valence-corrected chi connectivity index (χ3v) is 4.16. The number of anilines is 1. The highest BCUT2D eigenvalue weighted by atomic mass is 16.5. The van der Waals surface area contributed by atoms with Crippen LogP contribution >= 0.6 is 0 Å². The predicted octanol–water partition coefficient (Wildman–Crippen LogP) is 2.99. The molecule has 6 heteroatoms. The van der Waals surface area contributed by atoms with Gasteiger partial charge in [0.1, 0.15) is 17.6 Å². The van der Waals surface area contributed by atoms with Gasteiger partial charge in [0.15, 0.2) is 0 Å². The number of aromatic nitrogens is 2. The standard InChI is InChI=1S/C17H21N3O3/c1-10(16-12(3)19-23-13(16)4)8-15(21)20-9-11(2)22-17-14(20)6-5-7-18-17/h5-7,10-11H,8-9H2,1-4H3/t10-,11+/m1/s1. The number of fused-ring (bicyclic) bond motifs is 1. The first-order valence-electron chi connectivity index (χ1n) is 7.82. The number of amides is 1. The average Bonchev–Trinajstić information content (AvgIpc) is 2.85. The Bertz CT molecular complexity index is 706. The molecule has 0 saturated carbocycles. The minimum absolute atomic E-state index is 0.0482. The number of pyridine rings is 1. The van der Waals surface area contributed by atoms with Crippen LogP contribution in [-0.2, 0) is 4.79 Å². The Kier molecular flexibility index (Phi) is 4.07. The monoisotopic (exact) mass is 315 g/mol. The fourth-order valence-corrected chi connectivity index (χ4v) is 3.17. The lowest BCUT2D eigenvalue weighted by Crippen LogP contribution is -2.43. The maximum absolute atomic E-state index is 12.8. The van der Waals surface area contributed by atoms with Crippen LogP contribution in [0, 0.1) is 13.8 Å². The molecule has 1 aliphatic rings. The summed E-state index contributed by atoms with van der Waals surface area (Å²) in [4.78, 5) is 18.8. The van der Waals surface area contributed by atoms with Crippen molar-refractivity contribution in [2.75, 3.05) is 11.4 Å². The van der Waals surface area contributed by atoms with Gasteiger partial charge in [0.2, 0.25) is 11.8 Å². The second kappa shape index (κ2) is 6.02. The highest BCUT2D eigenvalue weighted by Crippen LogP contribution is 2.33. The molecule has 0 bridgehead atoms. The summed E-state index contributed by atoms with van der Waals surface area (Å²) < 4.78 is 10.9. The second-order valence-corrected chi connectivity index (χ2v) is 6.10. The molecule has 2 aromatic heterocycles. The number of nitrogens with zero attached hydrogens (tertiary/aromatic N) is 3. The van der Waals surface area contributed by atoms with Crippen molar-refractivity contribution in [2.45, 2.75) is 46.1 Å². The van der Waals surface area contributed by atoms with E-state index in [2.05, 4.69) is 10.1 Å². The summed E-state index contributed by atoms with van der Waals surface area (Å²) in [5, 5.41) is 3.98. The van der Waals surface area contributed by atoms with E-state index in [1.807, 2.05) is 39.8 Å². The molecule has 0 aliphatic carbocycles. The SMILES string of the molecule is Cc1noc(C)c1[C@H](C)CC(=O)N1C[C@H](C)Oc2ncccc21. The number of aryl methyl sites for hydroxylation is 2. The van der Waals surface area contributed by atoms with Gasteiger partial charge in [0, 0.05) is 18.2 Å². The molecule has 0 aromatic carbocycles. The van der Waals surface area contributed by atoms with E-state index in [9.17, 15) is 4.79 Å². The summed E-state index contributed by atoms with van der Waals surface area (Å²) in [6.07, 6.45) is 1.99. The fraction of sp³-hybridized carbons (Fsp3) is 0.471. The summed E-state index contributed by atoms with van der Waals surface area (Å²) >= 11 is 0. The molecule has 0 spiro atoms. The average molecular weight is 315 g/mol. The van der Waals surface area contributed by atoms with Gasteiger partial charge in [-0.25, -0.2) is 4.98 Å². The van der Waals surface area contributed by atoms with E-state index in [0.29, 0.717) is 18.8 Å². The maximum Gasteiger partial charge on any atom is 0.238 e. The lowest BCUT2D eigenvalue weighted by Gasteiger charge is -2.33. The predicted molar refractivity (Wildman–Crippen MR) is 85.7 cm³/mol. The van der Waals surface area contributed by atoms with Crippen molar-refractivity contribution >= 4 is 11.6 Å². The third kappa shape index (κ3) is 2.93. The molecule has 6 nitrogen and oxygen atoms in total. The Hall–Kier alpha value is -2.37. The summed E-state index contributed by atoms with van der Waals surface area (Å²) in [6, 6.07) is 3.68. The van der Waals surface area contributed by atoms with E-state index >= 15 is 0 Å². The van der Waals surface area contributed by atoms with E-state index in [4.69, 9.17) is 9.26 Å². The van der Waals surface area contributed by atoms with E-state index in [-0.39, 0.29) is 17.9 Å². The first-order valence-corrected chi connectivity index (χ1v) is 7.82. The van der Waals surface area contributed by atoms with Crippen LogP contribution in [0.4, 0.5) is 5.69 Å². The lowest BCUT2D eigenvalue weighted by atomic mass is 9.95. The highest BCUT2D eigenvalue weighted by molar-refractivity contribution is 5.95. The first kappa shape index (κ1) is 15.5. The molecular weight excluding hydrogens is 294 g/mol. The molecule has 0 unspecified atom stereocenters. The topological polar surface area (TPSA) is 68.5 Å². The maximum atomic E-state index is 12.8. The van der Waals surface area contributed by atoms with Crippen LogP contribution < -0.4 is 9.64 Å². The van der Waals surface area contributed by atoms with Crippen molar-refractivity contribution in [2.24, 2.45) is 0 Å². The Labute approximate surface area is 135 Å². The van der Waals surface area contributed by atoms with E-state index in [0.717, 1.165) is 22.7 Å². The van der Waals surface area contributed by atoms with E-state index in [1.165, 1.54) is 0 Å². The zero-order valence-electron chi connectivity index (χ0n) is 13.9. The van der Waals surface area contributed by atoms with Gasteiger partial charge in [0.05, 0.1) is 12.2 Å². The van der Waals surface area contributed by atoms with Gasteiger partial charge in [-0.05, 0) is 38.8 Å². The molecule has 3 rings (SSSR count). The number of hydrogen-bond acceptors (Lipinski definition) is 5. The largest absolute Gasteiger partial charge is 0.471 e. The van der Waals surface area contributed by atoms with Crippen LogP contribution in [-0.4, -0.2) is 28.7 Å². The highest BCUT2D eigenvalue weighted by Gasteiger charge is 2.30. The molecule has 0 N–H and O–H groups in total. The smallest absolute Gasteiger partial charge is 0.238 e. The molecule has 23 heavy (non-hydrogen) atoms. The molecule has 2 aromatic rings. The van der Waals surface area contributed by atoms with Crippen molar-refractivity contribution in [1.29, 1.82) is 0 Å². The number of rotatable bonds is 3. The van der Waals surface area contributed by atoms with Gasteiger partial charge in [-0.3, -0.25) is 4.79 Å². The minimum Gasteiger partial charge on any atom is -0.471 e. The zero-order chi connectivity index (χ0) is 16.6. The Morgan fingerprint density at radius 1 is 1.48 bits per heavy atom. The second-order valence-electron chi connectivity index (χ2n) is 6.10. The van der Waals surface area contributed by atoms with Gasteiger partial charge in [0.25, 0.3) is 0 Å². The molecule has 0 fully saturated rings. The van der Waals surface area contributed by atoms with Crippen LogP contribution in [0.25, 0.3) is 0 Å². The normalized spacial score (nSPS) is 18.3. The lowest BCUT2D eigenvalue weighted by molar-refractivity contribution is -0.119. The van der Waals surface area contributed by atoms with Gasteiger partial charge in [-0.1, -0.05) is 12.1 Å². The van der Waals surface area contributed by atoms with Crippen LogP contribution in [0.3, 0.4) is 0 Å². The van der Waals surface area contributed by atoms with Gasteiger partial charge in [-0.15, -0.1) is 0 Å². The molecule has 1 amide bonds. The Balaban J connectivity index is 1.81. The molecule has 3 heterocycles.